The van der Waals surface area contributed by atoms with Gasteiger partial charge in [-0.05, 0) is 48.2 Å². The van der Waals surface area contributed by atoms with E-state index in [0.717, 1.165) is 12.0 Å². The molecule has 1 aromatic carbocycles. The van der Waals surface area contributed by atoms with Gasteiger partial charge in [0.2, 0.25) is 0 Å². The molecule has 0 radical (unpaired) electrons. The molecule has 10 atom stereocenters. The van der Waals surface area contributed by atoms with Gasteiger partial charge < -0.3 is 20.1 Å². The van der Waals surface area contributed by atoms with Crippen LogP contribution < -0.4 is 0 Å². The maximum atomic E-state index is 14.6. The molecule has 4 saturated carbocycles. The molecule has 5 rings (SSSR count). The van der Waals surface area contributed by atoms with Crippen molar-refractivity contribution in [2.45, 2.75) is 77.8 Å². The van der Waals surface area contributed by atoms with Gasteiger partial charge >= 0.3 is 5.97 Å². The van der Waals surface area contributed by atoms with Crippen LogP contribution in [-0.4, -0.2) is 51.0 Å². The minimum Gasteiger partial charge on any atom is -0.447 e. The van der Waals surface area contributed by atoms with Crippen LogP contribution in [0.15, 0.2) is 36.4 Å². The maximum absolute atomic E-state index is 14.6. The summed E-state index contributed by atoms with van der Waals surface area (Å²) in [4.78, 5) is 27.7. The summed E-state index contributed by atoms with van der Waals surface area (Å²) < 4.78 is 6.03. The summed E-state index contributed by atoms with van der Waals surface area (Å²) in [6.45, 7) is 9.66. The van der Waals surface area contributed by atoms with E-state index in [0.29, 0.717) is 6.42 Å². The monoisotopic (exact) mass is 482 g/mol. The van der Waals surface area contributed by atoms with E-state index in [-0.39, 0.29) is 35.4 Å². The van der Waals surface area contributed by atoms with E-state index in [1.54, 1.807) is 6.08 Å². The maximum Gasteiger partial charge on any atom is 0.331 e. The number of ether oxygens (including phenoxy) is 1. The van der Waals surface area contributed by atoms with Crippen molar-refractivity contribution in [3.8, 4) is 0 Å². The number of Topliss-reactive ketones (excluding diaryl/α,β-unsaturated/α-hetero) is 1. The second-order valence-corrected chi connectivity index (χ2v) is 12.6. The van der Waals surface area contributed by atoms with E-state index in [1.165, 1.54) is 6.08 Å². The highest BCUT2D eigenvalue weighted by Gasteiger charge is 2.80. The Morgan fingerprint density at radius 3 is 2.34 bits per heavy atom. The van der Waals surface area contributed by atoms with Crippen molar-refractivity contribution in [3.05, 3.63) is 42.0 Å². The number of aliphatic hydroxyl groups excluding tert-OH is 3. The van der Waals surface area contributed by atoms with Crippen molar-refractivity contribution in [1.82, 2.24) is 0 Å². The number of benzene rings is 1. The van der Waals surface area contributed by atoms with Crippen LogP contribution >= 0.6 is 0 Å². The molecule has 1 aromatic rings. The fourth-order valence-corrected chi connectivity index (χ4v) is 8.46. The second kappa shape index (κ2) is 7.74. The molecular weight excluding hydrogens is 444 g/mol. The van der Waals surface area contributed by atoms with Gasteiger partial charge in [-0.1, -0.05) is 65.0 Å². The van der Waals surface area contributed by atoms with Crippen LogP contribution in [0.4, 0.5) is 0 Å². The van der Waals surface area contributed by atoms with Crippen molar-refractivity contribution in [3.63, 3.8) is 0 Å². The molecule has 6 nitrogen and oxygen atoms in total. The smallest absolute Gasteiger partial charge is 0.331 e. The summed E-state index contributed by atoms with van der Waals surface area (Å²) in [5.74, 6) is -2.35. The van der Waals surface area contributed by atoms with Gasteiger partial charge in [0.05, 0.1) is 24.2 Å². The Hall–Kier alpha value is -2.02. The predicted molar refractivity (Wildman–Crippen MR) is 131 cm³/mol. The summed E-state index contributed by atoms with van der Waals surface area (Å²) in [5.41, 5.74) is -3.06. The van der Waals surface area contributed by atoms with Crippen LogP contribution in [0.25, 0.3) is 6.08 Å². The molecule has 0 amide bonds. The summed E-state index contributed by atoms with van der Waals surface area (Å²) >= 11 is 0. The number of hydrogen-bond donors (Lipinski definition) is 3. The zero-order chi connectivity index (χ0) is 25.6. The highest BCUT2D eigenvalue weighted by atomic mass is 16.6. The van der Waals surface area contributed by atoms with E-state index in [2.05, 4.69) is 0 Å². The van der Waals surface area contributed by atoms with Gasteiger partial charge in [-0.2, -0.15) is 0 Å². The largest absolute Gasteiger partial charge is 0.447 e. The normalized spacial score (nSPS) is 48.0. The van der Waals surface area contributed by atoms with Crippen molar-refractivity contribution >= 4 is 17.8 Å². The molecule has 0 bridgehead atoms. The number of fused-ring (bicyclic) bond motifs is 4. The lowest BCUT2D eigenvalue weighted by Crippen LogP contribution is -2.79. The lowest BCUT2D eigenvalue weighted by Gasteiger charge is -2.72. The predicted octanol–water partition coefficient (Wildman–Crippen LogP) is 3.38. The van der Waals surface area contributed by atoms with Crippen LogP contribution in [0.2, 0.25) is 0 Å². The molecule has 0 aliphatic heterocycles. The number of rotatable bonds is 3. The van der Waals surface area contributed by atoms with Gasteiger partial charge in [0.1, 0.15) is 0 Å². The summed E-state index contributed by atoms with van der Waals surface area (Å²) in [6.07, 6.45) is 1.79. The Balaban J connectivity index is 1.56. The molecular formula is C29H38O6. The van der Waals surface area contributed by atoms with Crippen LogP contribution in [-0.2, 0) is 14.3 Å². The van der Waals surface area contributed by atoms with Gasteiger partial charge in [-0.15, -0.1) is 0 Å². The SMILES string of the molecule is C[C@H]1C[C@]2(OC(=O)/C=C/c3ccccc3)C(=O)[C@@]3(C)[C@@H]4[C@@H](O)C(C)(C)[C@H]4CC[C@@]3(C)[C@H](O)[C@H]2[C@H]1O. The van der Waals surface area contributed by atoms with Gasteiger partial charge in [-0.25, -0.2) is 4.79 Å². The van der Waals surface area contributed by atoms with E-state index >= 15 is 0 Å². The Morgan fingerprint density at radius 2 is 1.69 bits per heavy atom. The highest BCUT2D eigenvalue weighted by Crippen LogP contribution is 2.73. The molecule has 0 spiro atoms. The zero-order valence-electron chi connectivity index (χ0n) is 21.3. The molecule has 0 aromatic heterocycles. The highest BCUT2D eigenvalue weighted by molar-refractivity contribution is 5.99. The topological polar surface area (TPSA) is 104 Å². The third-order valence-electron chi connectivity index (χ3n) is 10.8. The van der Waals surface area contributed by atoms with Gasteiger partial charge in [0, 0.05) is 22.8 Å². The van der Waals surface area contributed by atoms with Crippen molar-refractivity contribution in [1.29, 1.82) is 0 Å². The minimum absolute atomic E-state index is 0.137. The first kappa shape index (κ1) is 24.7. The number of hydrogen-bond acceptors (Lipinski definition) is 6. The Morgan fingerprint density at radius 1 is 1.03 bits per heavy atom. The van der Waals surface area contributed by atoms with Crippen LogP contribution in [0.5, 0.6) is 0 Å². The molecule has 0 unspecified atom stereocenters. The zero-order valence-corrected chi connectivity index (χ0v) is 21.3. The minimum atomic E-state index is -1.63. The van der Waals surface area contributed by atoms with E-state index in [4.69, 9.17) is 4.74 Å². The Bertz CT molecular complexity index is 1060. The molecule has 6 heteroatoms. The molecule has 3 N–H and O–H groups in total. The fourth-order valence-electron chi connectivity index (χ4n) is 8.46. The van der Waals surface area contributed by atoms with Crippen molar-refractivity contribution in [2.75, 3.05) is 0 Å². The van der Waals surface area contributed by atoms with Crippen molar-refractivity contribution < 1.29 is 29.6 Å². The Kier molecular flexibility index (Phi) is 5.45. The average Bonchev–Trinajstić information content (AvgIpc) is 3.08. The van der Waals surface area contributed by atoms with Crippen LogP contribution in [0, 0.1) is 39.9 Å². The van der Waals surface area contributed by atoms with E-state index < -0.39 is 46.6 Å². The van der Waals surface area contributed by atoms with Gasteiger partial charge in [0.15, 0.2) is 11.4 Å². The summed E-state index contributed by atoms with van der Waals surface area (Å²) in [5, 5.41) is 34.2. The molecule has 4 aliphatic rings. The lowest BCUT2D eigenvalue weighted by atomic mass is 9.32. The van der Waals surface area contributed by atoms with E-state index in [1.807, 2.05) is 65.0 Å². The van der Waals surface area contributed by atoms with Crippen LogP contribution in [0.3, 0.4) is 0 Å². The van der Waals surface area contributed by atoms with Crippen molar-refractivity contribution in [2.24, 2.45) is 39.9 Å². The fraction of sp³-hybridized carbons (Fsp3) is 0.655. The third kappa shape index (κ3) is 2.99. The number of ketones is 1. The standard InChI is InChI=1S/C29H38O6/c1-16-15-29(35-19(30)12-11-17-9-7-6-8-10-17)21(22(16)31)24(33)27(4)14-13-18-20(23(32)26(18,2)3)28(27,5)25(29)34/h6-12,16,18,20-24,31-33H,13-15H2,1-5H3/b12-11+/t16-,18-,20-,21+,22-,23+,24+,27-,28+,29+/m0/s1. The molecule has 35 heavy (non-hydrogen) atoms. The first-order valence-corrected chi connectivity index (χ1v) is 12.9. The number of carbonyl (C=O) groups excluding carboxylic acids is 2. The van der Waals surface area contributed by atoms with E-state index in [9.17, 15) is 24.9 Å². The first-order chi connectivity index (χ1) is 16.3. The molecule has 4 fully saturated rings. The van der Waals surface area contributed by atoms with Crippen LogP contribution in [0.1, 0.15) is 59.4 Å². The quantitative estimate of drug-likeness (QED) is 0.451. The number of carbonyl (C=O) groups is 2. The molecule has 4 aliphatic carbocycles. The number of aliphatic hydroxyl groups is 3. The molecule has 0 saturated heterocycles. The molecule has 190 valence electrons. The van der Waals surface area contributed by atoms with Gasteiger partial charge in [-0.3, -0.25) is 4.79 Å². The first-order valence-electron chi connectivity index (χ1n) is 12.9. The summed E-state index contributed by atoms with van der Waals surface area (Å²) in [7, 11) is 0. The average molecular weight is 483 g/mol. The van der Waals surface area contributed by atoms with Gasteiger partial charge in [0.25, 0.3) is 0 Å². The summed E-state index contributed by atoms with van der Waals surface area (Å²) in [6, 6.07) is 9.32. The molecule has 0 heterocycles. The Labute approximate surface area is 207 Å². The third-order valence-corrected chi connectivity index (χ3v) is 10.8. The number of esters is 1. The second-order valence-electron chi connectivity index (χ2n) is 12.6. The lowest BCUT2D eigenvalue weighted by molar-refractivity contribution is -0.294.